The Hall–Kier alpha value is -0.770. The fourth-order valence-electron chi connectivity index (χ4n) is 0.936. The van der Waals surface area contributed by atoms with Crippen molar-refractivity contribution in [3.05, 3.63) is 22.4 Å². The van der Waals surface area contributed by atoms with Crippen LogP contribution in [-0.2, 0) is 0 Å². The Morgan fingerprint density at radius 3 is 3.00 bits per heavy atom. The highest BCUT2D eigenvalue weighted by Gasteiger charge is 2.18. The van der Waals surface area contributed by atoms with Gasteiger partial charge in [0.15, 0.2) is 11.6 Å². The van der Waals surface area contributed by atoms with E-state index in [9.17, 15) is 4.39 Å². The summed E-state index contributed by atoms with van der Waals surface area (Å²) in [7, 11) is 0. The summed E-state index contributed by atoms with van der Waals surface area (Å²) in [6.45, 7) is 0.0999. The molecule has 0 aliphatic carbocycles. The normalized spacial score (nSPS) is 13.6. The van der Waals surface area contributed by atoms with Crippen LogP contribution in [0.2, 0.25) is 0 Å². The van der Waals surface area contributed by atoms with Crippen LogP contribution in [0.15, 0.2) is 16.6 Å². The van der Waals surface area contributed by atoms with Gasteiger partial charge in [-0.1, -0.05) is 15.9 Å². The summed E-state index contributed by atoms with van der Waals surface area (Å²) >= 11 is 3.14. The van der Waals surface area contributed by atoms with Crippen LogP contribution in [0, 0.1) is 5.82 Å². The van der Waals surface area contributed by atoms with Crippen LogP contribution in [-0.4, -0.2) is 6.79 Å². The van der Waals surface area contributed by atoms with E-state index in [0.29, 0.717) is 10.2 Å². The second kappa shape index (κ2) is 2.37. The first kappa shape index (κ1) is 6.91. The fraction of sp³-hybridized carbons (Fsp3) is 0.143. The first-order chi connectivity index (χ1) is 5.27. The molecule has 0 atom stereocenters. The van der Waals surface area contributed by atoms with E-state index in [-0.39, 0.29) is 12.5 Å². The molecule has 2 nitrogen and oxygen atoms in total. The second-order valence-electron chi connectivity index (χ2n) is 2.12. The average Bonchev–Trinajstić information content (AvgIpc) is 2.34. The molecule has 4 heteroatoms. The Bertz CT molecular complexity index is 301. The van der Waals surface area contributed by atoms with Crippen LogP contribution in [0.3, 0.4) is 0 Å². The summed E-state index contributed by atoms with van der Waals surface area (Å²) in [6, 6.07) is 3.01. The maximum atomic E-state index is 12.9. The topological polar surface area (TPSA) is 18.5 Å². The third kappa shape index (κ3) is 1.07. The minimum atomic E-state index is -0.396. The van der Waals surface area contributed by atoms with Gasteiger partial charge in [-0.05, 0) is 12.1 Å². The van der Waals surface area contributed by atoms with Gasteiger partial charge in [0.2, 0.25) is 12.5 Å². The first-order valence-electron chi connectivity index (χ1n) is 3.02. The monoisotopic (exact) mass is 218 g/mol. The van der Waals surface area contributed by atoms with Crippen molar-refractivity contribution < 1.29 is 13.9 Å². The SMILES string of the molecule is Fc1cc(Br)cc2c1OCO2. The third-order valence-electron chi connectivity index (χ3n) is 1.39. The third-order valence-corrected chi connectivity index (χ3v) is 1.85. The molecule has 0 bridgehead atoms. The zero-order valence-electron chi connectivity index (χ0n) is 5.43. The van der Waals surface area contributed by atoms with Gasteiger partial charge in [0.25, 0.3) is 0 Å². The lowest BCUT2D eigenvalue weighted by atomic mass is 10.3. The summed E-state index contributed by atoms with van der Waals surface area (Å²) in [4.78, 5) is 0. The van der Waals surface area contributed by atoms with Gasteiger partial charge in [-0.2, -0.15) is 0 Å². The summed E-state index contributed by atoms with van der Waals surface area (Å²) in [5.41, 5.74) is 0. The van der Waals surface area contributed by atoms with Crippen molar-refractivity contribution in [2.24, 2.45) is 0 Å². The van der Waals surface area contributed by atoms with E-state index >= 15 is 0 Å². The molecule has 0 radical (unpaired) electrons. The largest absolute Gasteiger partial charge is 0.453 e. The highest BCUT2D eigenvalue weighted by Crippen LogP contribution is 2.36. The zero-order valence-corrected chi connectivity index (χ0v) is 7.02. The van der Waals surface area contributed by atoms with Crippen LogP contribution in [0.5, 0.6) is 11.5 Å². The van der Waals surface area contributed by atoms with Crippen molar-refractivity contribution in [3.8, 4) is 11.5 Å². The molecule has 1 aliphatic rings. The molecule has 0 saturated heterocycles. The lowest BCUT2D eigenvalue weighted by Crippen LogP contribution is -1.93. The maximum Gasteiger partial charge on any atom is 0.231 e. The van der Waals surface area contributed by atoms with Crippen LogP contribution in [0.1, 0.15) is 0 Å². The van der Waals surface area contributed by atoms with Crippen LogP contribution in [0.4, 0.5) is 4.39 Å². The molecule has 1 aromatic carbocycles. The molecule has 11 heavy (non-hydrogen) atoms. The van der Waals surface area contributed by atoms with E-state index in [4.69, 9.17) is 9.47 Å². The number of halogens is 2. The molecule has 1 aliphatic heterocycles. The van der Waals surface area contributed by atoms with Crippen LogP contribution in [0.25, 0.3) is 0 Å². The summed E-state index contributed by atoms with van der Waals surface area (Å²) in [6.07, 6.45) is 0. The van der Waals surface area contributed by atoms with Gasteiger partial charge in [0.05, 0.1) is 0 Å². The van der Waals surface area contributed by atoms with E-state index in [1.807, 2.05) is 0 Å². The standard InChI is InChI=1S/C7H4BrFO2/c8-4-1-5(9)7-6(2-4)10-3-11-7/h1-2H,3H2. The van der Waals surface area contributed by atoms with Gasteiger partial charge < -0.3 is 9.47 Å². The smallest absolute Gasteiger partial charge is 0.231 e. The van der Waals surface area contributed by atoms with Gasteiger partial charge in [0.1, 0.15) is 0 Å². The Labute approximate surface area is 71.1 Å². The molecule has 0 N–H and O–H groups in total. The van der Waals surface area contributed by atoms with Crippen molar-refractivity contribution in [2.45, 2.75) is 0 Å². The number of ether oxygens (including phenoxy) is 2. The summed E-state index contributed by atoms with van der Waals surface area (Å²) in [5.74, 6) is 0.261. The number of fused-ring (bicyclic) bond motifs is 1. The van der Waals surface area contributed by atoms with Gasteiger partial charge in [-0.15, -0.1) is 0 Å². The number of rotatable bonds is 0. The van der Waals surface area contributed by atoms with E-state index < -0.39 is 5.82 Å². The van der Waals surface area contributed by atoms with Crippen molar-refractivity contribution in [2.75, 3.05) is 6.79 Å². The number of hydrogen-bond acceptors (Lipinski definition) is 2. The highest BCUT2D eigenvalue weighted by molar-refractivity contribution is 9.10. The maximum absolute atomic E-state index is 12.9. The molecule has 0 unspecified atom stereocenters. The average molecular weight is 219 g/mol. The minimum Gasteiger partial charge on any atom is -0.453 e. The van der Waals surface area contributed by atoms with E-state index in [2.05, 4.69) is 15.9 Å². The molecule has 0 aromatic heterocycles. The zero-order chi connectivity index (χ0) is 7.84. The van der Waals surface area contributed by atoms with Gasteiger partial charge in [0, 0.05) is 4.47 Å². The van der Waals surface area contributed by atoms with Gasteiger partial charge in [-0.3, -0.25) is 0 Å². The molecule has 58 valence electrons. The molecule has 0 fully saturated rings. The summed E-state index contributed by atoms with van der Waals surface area (Å²) < 4.78 is 23.4. The first-order valence-corrected chi connectivity index (χ1v) is 3.81. The fourth-order valence-corrected chi connectivity index (χ4v) is 1.34. The van der Waals surface area contributed by atoms with E-state index in [1.165, 1.54) is 6.07 Å². The Morgan fingerprint density at radius 2 is 2.18 bits per heavy atom. The molecular formula is C7H4BrFO2. The predicted octanol–water partition coefficient (Wildman–Crippen LogP) is 2.32. The summed E-state index contributed by atoms with van der Waals surface area (Å²) in [5, 5.41) is 0. The quantitative estimate of drug-likeness (QED) is 0.666. The van der Waals surface area contributed by atoms with Crippen molar-refractivity contribution in [1.82, 2.24) is 0 Å². The molecule has 1 heterocycles. The van der Waals surface area contributed by atoms with Crippen LogP contribution >= 0.6 is 15.9 Å². The Kier molecular flexibility index (Phi) is 1.49. The Morgan fingerprint density at radius 1 is 1.36 bits per heavy atom. The highest BCUT2D eigenvalue weighted by atomic mass is 79.9. The lowest BCUT2D eigenvalue weighted by molar-refractivity contribution is 0.171. The molecule has 0 saturated carbocycles. The van der Waals surface area contributed by atoms with Crippen molar-refractivity contribution in [1.29, 1.82) is 0 Å². The molecular weight excluding hydrogens is 215 g/mol. The van der Waals surface area contributed by atoms with Crippen molar-refractivity contribution in [3.63, 3.8) is 0 Å². The van der Waals surface area contributed by atoms with E-state index in [0.717, 1.165) is 0 Å². The second-order valence-corrected chi connectivity index (χ2v) is 3.04. The van der Waals surface area contributed by atoms with Crippen molar-refractivity contribution >= 4 is 15.9 Å². The minimum absolute atomic E-state index is 0.0999. The Balaban J connectivity index is 2.60. The lowest BCUT2D eigenvalue weighted by Gasteiger charge is -1.96. The van der Waals surface area contributed by atoms with E-state index in [1.54, 1.807) is 6.07 Å². The van der Waals surface area contributed by atoms with Gasteiger partial charge >= 0.3 is 0 Å². The number of benzene rings is 1. The van der Waals surface area contributed by atoms with Crippen LogP contribution < -0.4 is 9.47 Å². The van der Waals surface area contributed by atoms with Gasteiger partial charge in [-0.25, -0.2) is 4.39 Å². The molecule has 2 rings (SSSR count). The predicted molar refractivity (Wildman–Crippen MR) is 40.2 cm³/mol. The molecule has 0 amide bonds. The number of hydrogen-bond donors (Lipinski definition) is 0. The molecule has 0 spiro atoms. The molecule has 1 aromatic rings.